The molecule has 0 spiro atoms. The number of carbonyl (C=O) groups is 3. The topological polar surface area (TPSA) is 84.5 Å². The summed E-state index contributed by atoms with van der Waals surface area (Å²) in [5.41, 5.74) is 3.05. The van der Waals surface area contributed by atoms with Crippen LogP contribution in [0.15, 0.2) is 72.1 Å². The molecule has 2 N–H and O–H groups in total. The normalized spacial score (nSPS) is 10.2. The van der Waals surface area contributed by atoms with Gasteiger partial charge in [0.1, 0.15) is 13.2 Å². The van der Waals surface area contributed by atoms with E-state index in [0.29, 0.717) is 4.88 Å². The highest BCUT2D eigenvalue weighted by molar-refractivity contribution is 7.12. The maximum atomic E-state index is 11.8. The number of hydrogen-bond donors (Lipinski definition) is 2. The largest absolute Gasteiger partial charge is 0.460 e. The van der Waals surface area contributed by atoms with Crippen molar-refractivity contribution in [3.63, 3.8) is 0 Å². The lowest BCUT2D eigenvalue weighted by molar-refractivity contribution is -0.145. The quantitative estimate of drug-likeness (QED) is 0.561. The number of amides is 2. The van der Waals surface area contributed by atoms with Crippen LogP contribution in [-0.4, -0.2) is 30.9 Å². The van der Waals surface area contributed by atoms with Gasteiger partial charge in [0.25, 0.3) is 5.91 Å². The van der Waals surface area contributed by atoms with E-state index in [9.17, 15) is 14.4 Å². The maximum Gasteiger partial charge on any atom is 0.325 e. The van der Waals surface area contributed by atoms with Gasteiger partial charge in [-0.2, -0.15) is 0 Å². The van der Waals surface area contributed by atoms with Gasteiger partial charge in [-0.1, -0.05) is 60.7 Å². The van der Waals surface area contributed by atoms with Gasteiger partial charge in [0.05, 0.1) is 11.4 Å². The SMILES string of the molecule is O=C(CNC(=O)c1cccs1)NCC(=O)OCc1ccc(-c2ccccc2)cc1. The number of hydrogen-bond acceptors (Lipinski definition) is 5. The molecular weight excluding hydrogens is 388 g/mol. The van der Waals surface area contributed by atoms with Crippen molar-refractivity contribution in [3.05, 3.63) is 82.6 Å². The Morgan fingerprint density at radius 1 is 0.793 bits per heavy atom. The van der Waals surface area contributed by atoms with Crippen LogP contribution in [0.3, 0.4) is 0 Å². The number of carbonyl (C=O) groups excluding carboxylic acids is 3. The molecule has 1 heterocycles. The van der Waals surface area contributed by atoms with Gasteiger partial charge in [-0.25, -0.2) is 0 Å². The number of esters is 1. The number of thiophene rings is 1. The molecule has 0 unspecified atom stereocenters. The summed E-state index contributed by atoms with van der Waals surface area (Å²) >= 11 is 1.29. The van der Waals surface area contributed by atoms with Crippen molar-refractivity contribution in [1.82, 2.24) is 10.6 Å². The zero-order valence-electron chi connectivity index (χ0n) is 15.6. The van der Waals surface area contributed by atoms with E-state index >= 15 is 0 Å². The van der Waals surface area contributed by atoms with Crippen LogP contribution in [0.2, 0.25) is 0 Å². The fourth-order valence-electron chi connectivity index (χ4n) is 2.53. The molecule has 29 heavy (non-hydrogen) atoms. The summed E-state index contributed by atoms with van der Waals surface area (Å²) in [5, 5.41) is 6.70. The third kappa shape index (κ3) is 6.29. The van der Waals surface area contributed by atoms with E-state index in [1.54, 1.807) is 17.5 Å². The molecule has 0 aliphatic carbocycles. The van der Waals surface area contributed by atoms with E-state index < -0.39 is 11.9 Å². The molecule has 3 aromatic rings. The second-order valence-electron chi connectivity index (χ2n) is 6.16. The Balaban J connectivity index is 1.36. The summed E-state index contributed by atoms with van der Waals surface area (Å²) in [4.78, 5) is 35.8. The van der Waals surface area contributed by atoms with Gasteiger partial charge in [-0.3, -0.25) is 14.4 Å². The van der Waals surface area contributed by atoms with Crippen LogP contribution >= 0.6 is 11.3 Å². The third-order valence-corrected chi connectivity index (χ3v) is 4.91. The standard InChI is InChI=1S/C22H20N2O4S/c25-20(13-24-22(27)19-7-4-12-29-19)23-14-21(26)28-15-16-8-10-18(11-9-16)17-5-2-1-3-6-17/h1-12H,13-15H2,(H,23,25)(H,24,27). The van der Waals surface area contributed by atoms with Gasteiger partial charge in [-0.05, 0) is 28.1 Å². The Bertz CT molecular complexity index is 954. The first-order chi connectivity index (χ1) is 14.1. The number of benzene rings is 2. The zero-order valence-corrected chi connectivity index (χ0v) is 16.4. The summed E-state index contributed by atoms with van der Waals surface area (Å²) in [6.45, 7) is -0.334. The van der Waals surface area contributed by atoms with Crippen molar-refractivity contribution in [1.29, 1.82) is 0 Å². The van der Waals surface area contributed by atoms with Crippen LogP contribution in [0.1, 0.15) is 15.2 Å². The zero-order chi connectivity index (χ0) is 20.5. The van der Waals surface area contributed by atoms with Gasteiger partial charge >= 0.3 is 5.97 Å². The van der Waals surface area contributed by atoms with Crippen LogP contribution < -0.4 is 10.6 Å². The molecule has 0 fully saturated rings. The molecule has 2 amide bonds. The molecule has 3 rings (SSSR count). The highest BCUT2D eigenvalue weighted by Gasteiger charge is 2.10. The smallest absolute Gasteiger partial charge is 0.325 e. The highest BCUT2D eigenvalue weighted by Crippen LogP contribution is 2.19. The van der Waals surface area contributed by atoms with Crippen LogP contribution in [0.4, 0.5) is 0 Å². The molecule has 2 aromatic carbocycles. The maximum absolute atomic E-state index is 11.8. The summed E-state index contributed by atoms with van der Waals surface area (Å²) in [7, 11) is 0. The molecule has 0 bridgehead atoms. The second-order valence-corrected chi connectivity index (χ2v) is 7.11. The van der Waals surface area contributed by atoms with Gasteiger partial charge in [0.15, 0.2) is 0 Å². The van der Waals surface area contributed by atoms with E-state index in [1.807, 2.05) is 54.6 Å². The average molecular weight is 408 g/mol. The lowest BCUT2D eigenvalue weighted by atomic mass is 10.0. The molecule has 6 nitrogen and oxygen atoms in total. The van der Waals surface area contributed by atoms with Crippen molar-refractivity contribution >= 4 is 29.1 Å². The van der Waals surface area contributed by atoms with E-state index in [-0.39, 0.29) is 25.6 Å². The molecular formula is C22H20N2O4S. The van der Waals surface area contributed by atoms with E-state index in [1.165, 1.54) is 11.3 Å². The Labute approximate surface area is 172 Å². The Morgan fingerprint density at radius 3 is 2.21 bits per heavy atom. The van der Waals surface area contributed by atoms with Gasteiger partial charge in [0.2, 0.25) is 5.91 Å². The predicted molar refractivity (Wildman–Crippen MR) is 111 cm³/mol. The van der Waals surface area contributed by atoms with Crippen LogP contribution in [0, 0.1) is 0 Å². The van der Waals surface area contributed by atoms with E-state index in [2.05, 4.69) is 10.6 Å². The molecule has 0 saturated heterocycles. The molecule has 0 aliphatic heterocycles. The first-order valence-electron chi connectivity index (χ1n) is 9.00. The van der Waals surface area contributed by atoms with Crippen LogP contribution in [-0.2, 0) is 20.9 Å². The molecule has 148 valence electrons. The summed E-state index contributed by atoms with van der Waals surface area (Å²) in [6.07, 6.45) is 0. The van der Waals surface area contributed by atoms with Gasteiger partial charge in [0, 0.05) is 0 Å². The van der Waals surface area contributed by atoms with Gasteiger partial charge < -0.3 is 15.4 Å². The summed E-state index contributed by atoms with van der Waals surface area (Å²) < 4.78 is 5.17. The molecule has 0 radical (unpaired) electrons. The molecule has 0 aliphatic rings. The number of nitrogens with one attached hydrogen (secondary N) is 2. The van der Waals surface area contributed by atoms with Crippen molar-refractivity contribution in [2.24, 2.45) is 0 Å². The molecule has 1 aromatic heterocycles. The first-order valence-corrected chi connectivity index (χ1v) is 9.88. The number of rotatable bonds is 8. The van der Waals surface area contributed by atoms with Crippen molar-refractivity contribution < 1.29 is 19.1 Å². The molecule has 0 atom stereocenters. The summed E-state index contributed by atoms with van der Waals surface area (Å²) in [5.74, 6) is -1.33. The second kappa shape index (κ2) is 10.2. The molecule has 7 heteroatoms. The fraction of sp³-hybridized carbons (Fsp3) is 0.136. The first kappa shape index (κ1) is 20.3. The predicted octanol–water partition coefficient (Wildman–Crippen LogP) is 3.00. The van der Waals surface area contributed by atoms with Crippen molar-refractivity contribution in [2.75, 3.05) is 13.1 Å². The average Bonchev–Trinajstić information content (AvgIpc) is 3.30. The minimum absolute atomic E-state index is 0.124. The molecule has 0 saturated carbocycles. The Morgan fingerprint density at radius 2 is 1.52 bits per heavy atom. The third-order valence-electron chi connectivity index (χ3n) is 4.05. The van der Waals surface area contributed by atoms with Gasteiger partial charge in [-0.15, -0.1) is 11.3 Å². The number of ether oxygens (including phenoxy) is 1. The lowest BCUT2D eigenvalue weighted by Crippen LogP contribution is -2.39. The fourth-order valence-corrected chi connectivity index (χ4v) is 3.17. The summed E-state index contributed by atoms with van der Waals surface area (Å²) in [6, 6.07) is 21.1. The van der Waals surface area contributed by atoms with Crippen LogP contribution in [0.5, 0.6) is 0 Å². The van der Waals surface area contributed by atoms with Crippen LogP contribution in [0.25, 0.3) is 11.1 Å². The van der Waals surface area contributed by atoms with Crippen molar-refractivity contribution in [2.45, 2.75) is 6.61 Å². The lowest BCUT2D eigenvalue weighted by Gasteiger charge is -2.08. The van der Waals surface area contributed by atoms with E-state index in [4.69, 9.17) is 4.74 Å². The Hall–Kier alpha value is -3.45. The minimum atomic E-state index is -0.546. The van der Waals surface area contributed by atoms with E-state index in [0.717, 1.165) is 16.7 Å². The monoisotopic (exact) mass is 408 g/mol. The Kier molecular flexibility index (Phi) is 7.13. The van der Waals surface area contributed by atoms with Crippen molar-refractivity contribution in [3.8, 4) is 11.1 Å². The highest BCUT2D eigenvalue weighted by atomic mass is 32.1. The minimum Gasteiger partial charge on any atom is -0.460 e.